The maximum absolute atomic E-state index is 13.1. The monoisotopic (exact) mass is 416 g/mol. The Balaban J connectivity index is 1.74. The van der Waals surface area contributed by atoms with Crippen LogP contribution in [-0.2, 0) is 4.79 Å². The topological polar surface area (TPSA) is 78.3 Å². The summed E-state index contributed by atoms with van der Waals surface area (Å²) in [6, 6.07) is 13.3. The number of carbonyl (C=O) groups is 1. The van der Waals surface area contributed by atoms with Crippen LogP contribution in [0.15, 0.2) is 53.7 Å². The fraction of sp³-hybridized carbons (Fsp3) is 0.292. The summed E-state index contributed by atoms with van der Waals surface area (Å²) in [5.41, 5.74) is 4.53. The molecule has 2 heterocycles. The van der Waals surface area contributed by atoms with Crippen LogP contribution in [0.4, 0.5) is 5.95 Å². The number of methoxy groups -OCH3 is 2. The molecule has 2 aromatic carbocycles. The van der Waals surface area contributed by atoms with E-state index in [1.807, 2.05) is 49.4 Å². The van der Waals surface area contributed by atoms with Crippen molar-refractivity contribution in [2.45, 2.75) is 32.2 Å². The second-order valence-corrected chi connectivity index (χ2v) is 7.80. The summed E-state index contributed by atoms with van der Waals surface area (Å²) in [5.74, 6) is 2.59. The highest BCUT2D eigenvalue weighted by Gasteiger charge is 2.38. The molecule has 2 aliphatic rings. The predicted molar refractivity (Wildman–Crippen MR) is 117 cm³/mol. The van der Waals surface area contributed by atoms with Gasteiger partial charge in [0.1, 0.15) is 6.04 Å². The van der Waals surface area contributed by atoms with Crippen molar-refractivity contribution in [3.8, 4) is 22.9 Å². The van der Waals surface area contributed by atoms with Gasteiger partial charge < -0.3 is 14.8 Å². The molecule has 0 saturated heterocycles. The van der Waals surface area contributed by atoms with Crippen molar-refractivity contribution in [1.82, 2.24) is 14.8 Å². The van der Waals surface area contributed by atoms with Crippen LogP contribution < -0.4 is 14.8 Å². The van der Waals surface area contributed by atoms with Crippen LogP contribution in [0.2, 0.25) is 0 Å². The molecule has 31 heavy (non-hydrogen) atoms. The number of ketones is 1. The van der Waals surface area contributed by atoms with Crippen LogP contribution in [0.25, 0.3) is 11.4 Å². The van der Waals surface area contributed by atoms with Crippen LogP contribution in [0, 0.1) is 6.92 Å². The molecule has 7 nitrogen and oxygen atoms in total. The Hall–Kier alpha value is -3.61. The Kier molecular flexibility index (Phi) is 4.73. The highest BCUT2D eigenvalue weighted by Crippen LogP contribution is 2.45. The first-order chi connectivity index (χ1) is 15.1. The Labute approximate surface area is 180 Å². The highest BCUT2D eigenvalue weighted by molar-refractivity contribution is 5.99. The zero-order valence-electron chi connectivity index (χ0n) is 17.8. The molecule has 1 aliphatic carbocycles. The molecule has 1 N–H and O–H groups in total. The predicted octanol–water partition coefficient (Wildman–Crippen LogP) is 4.29. The van der Waals surface area contributed by atoms with Crippen molar-refractivity contribution in [3.63, 3.8) is 0 Å². The van der Waals surface area contributed by atoms with Gasteiger partial charge >= 0.3 is 0 Å². The normalized spacial score (nSPS) is 17.6. The first-order valence-electron chi connectivity index (χ1n) is 10.4. The summed E-state index contributed by atoms with van der Waals surface area (Å²) in [5, 5.41) is 8.24. The summed E-state index contributed by atoms with van der Waals surface area (Å²) in [4.78, 5) is 17.9. The Morgan fingerprint density at radius 2 is 1.90 bits per heavy atom. The van der Waals surface area contributed by atoms with Crippen molar-refractivity contribution < 1.29 is 14.3 Å². The van der Waals surface area contributed by atoms with E-state index < -0.39 is 6.04 Å². The quantitative estimate of drug-likeness (QED) is 0.684. The number of fused-ring (bicyclic) bond motifs is 1. The number of para-hydroxylation sites is 1. The fourth-order valence-electron chi connectivity index (χ4n) is 4.51. The number of Topliss-reactive ketones (excluding diaryl/α,β-unsaturated/α-hetero) is 1. The molecule has 3 aromatic rings. The zero-order chi connectivity index (χ0) is 21.5. The van der Waals surface area contributed by atoms with Crippen LogP contribution >= 0.6 is 0 Å². The maximum atomic E-state index is 13.1. The minimum absolute atomic E-state index is 0.127. The lowest BCUT2D eigenvalue weighted by atomic mass is 9.85. The fourth-order valence-corrected chi connectivity index (χ4v) is 4.51. The van der Waals surface area contributed by atoms with Gasteiger partial charge in [0.15, 0.2) is 23.1 Å². The molecule has 0 fully saturated rings. The van der Waals surface area contributed by atoms with E-state index in [0.29, 0.717) is 29.7 Å². The number of aryl methyl sites for hydroxylation is 1. The average Bonchev–Trinajstić information content (AvgIpc) is 3.21. The Bertz CT molecular complexity index is 1210. The molecule has 1 unspecified atom stereocenters. The van der Waals surface area contributed by atoms with Crippen LogP contribution in [0.5, 0.6) is 11.5 Å². The van der Waals surface area contributed by atoms with Crippen molar-refractivity contribution in [3.05, 3.63) is 64.9 Å². The van der Waals surface area contributed by atoms with Gasteiger partial charge in [0.2, 0.25) is 5.95 Å². The molecular formula is C24H24N4O3. The van der Waals surface area contributed by atoms with E-state index in [1.165, 1.54) is 0 Å². The number of ether oxygens (including phenoxy) is 2. The molecule has 1 aromatic heterocycles. The molecular weight excluding hydrogens is 392 g/mol. The standard InChI is InChI=1S/C24H24N4O3/c1-14-8-4-5-9-15(14)23-26-24-25-17-11-7-12-18(29)20(17)21(28(24)27-23)16-10-6-13-19(30-2)22(16)31-3/h4-6,8-10,13,21H,7,11-12H2,1-3H3,(H,25,26,27). The second-order valence-electron chi connectivity index (χ2n) is 7.80. The van der Waals surface area contributed by atoms with Gasteiger partial charge in [0, 0.05) is 28.8 Å². The third-order valence-corrected chi connectivity index (χ3v) is 5.98. The molecule has 0 amide bonds. The lowest BCUT2D eigenvalue weighted by molar-refractivity contribution is -0.116. The number of rotatable bonds is 4. The molecule has 0 radical (unpaired) electrons. The van der Waals surface area contributed by atoms with E-state index in [0.717, 1.165) is 40.8 Å². The number of allylic oxidation sites excluding steroid dienone is 2. The number of benzene rings is 2. The lowest BCUT2D eigenvalue weighted by Gasteiger charge is -2.32. The highest BCUT2D eigenvalue weighted by atomic mass is 16.5. The summed E-state index contributed by atoms with van der Waals surface area (Å²) in [7, 11) is 3.22. The minimum Gasteiger partial charge on any atom is -0.493 e. The summed E-state index contributed by atoms with van der Waals surface area (Å²) in [6.07, 6.45) is 2.15. The average molecular weight is 416 g/mol. The largest absolute Gasteiger partial charge is 0.493 e. The SMILES string of the molecule is COc1cccc(C2C3=C(CCCC3=O)Nc3nc(-c4ccccc4C)nn32)c1OC. The van der Waals surface area contributed by atoms with Crippen LogP contribution in [0.3, 0.4) is 0 Å². The molecule has 0 spiro atoms. The first-order valence-corrected chi connectivity index (χ1v) is 10.4. The van der Waals surface area contributed by atoms with Crippen LogP contribution in [0.1, 0.15) is 36.4 Å². The van der Waals surface area contributed by atoms with Crippen molar-refractivity contribution in [1.29, 1.82) is 0 Å². The zero-order valence-corrected chi connectivity index (χ0v) is 17.8. The number of hydrogen-bond acceptors (Lipinski definition) is 6. The van der Waals surface area contributed by atoms with Crippen molar-refractivity contribution >= 4 is 11.7 Å². The molecule has 5 rings (SSSR count). The van der Waals surface area contributed by atoms with Gasteiger partial charge in [-0.2, -0.15) is 4.98 Å². The van der Waals surface area contributed by atoms with Gasteiger partial charge in [0.05, 0.1) is 14.2 Å². The second kappa shape index (κ2) is 7.58. The first kappa shape index (κ1) is 19.4. The van der Waals surface area contributed by atoms with Crippen molar-refractivity contribution in [2.75, 3.05) is 19.5 Å². The molecule has 1 aliphatic heterocycles. The molecule has 7 heteroatoms. The lowest BCUT2D eigenvalue weighted by Crippen LogP contribution is -2.31. The Morgan fingerprint density at radius 3 is 2.68 bits per heavy atom. The Morgan fingerprint density at radius 1 is 1.06 bits per heavy atom. The van der Waals surface area contributed by atoms with E-state index in [-0.39, 0.29) is 5.78 Å². The van der Waals surface area contributed by atoms with E-state index >= 15 is 0 Å². The van der Waals surface area contributed by atoms with Gasteiger partial charge in [-0.1, -0.05) is 36.4 Å². The van der Waals surface area contributed by atoms with Gasteiger partial charge in [-0.3, -0.25) is 4.79 Å². The number of nitrogens with zero attached hydrogens (tertiary/aromatic N) is 3. The van der Waals surface area contributed by atoms with Crippen LogP contribution in [-0.4, -0.2) is 34.8 Å². The summed E-state index contributed by atoms with van der Waals surface area (Å²) in [6.45, 7) is 2.04. The molecule has 0 saturated carbocycles. The number of aromatic nitrogens is 3. The van der Waals surface area contributed by atoms with E-state index in [1.54, 1.807) is 18.9 Å². The maximum Gasteiger partial charge on any atom is 0.226 e. The summed E-state index contributed by atoms with van der Waals surface area (Å²) >= 11 is 0. The van der Waals surface area contributed by atoms with Crippen molar-refractivity contribution in [2.24, 2.45) is 0 Å². The molecule has 0 bridgehead atoms. The van der Waals surface area contributed by atoms with Gasteiger partial charge in [-0.05, 0) is 31.4 Å². The minimum atomic E-state index is -0.436. The summed E-state index contributed by atoms with van der Waals surface area (Å²) < 4.78 is 13.0. The number of carbonyl (C=O) groups excluding carboxylic acids is 1. The van der Waals surface area contributed by atoms with E-state index in [9.17, 15) is 4.79 Å². The van der Waals surface area contributed by atoms with Gasteiger partial charge in [0.25, 0.3) is 0 Å². The molecule has 1 atom stereocenters. The number of anilines is 1. The van der Waals surface area contributed by atoms with Gasteiger partial charge in [-0.15, -0.1) is 5.10 Å². The van der Waals surface area contributed by atoms with E-state index in [4.69, 9.17) is 19.6 Å². The van der Waals surface area contributed by atoms with Gasteiger partial charge in [-0.25, -0.2) is 4.68 Å². The third kappa shape index (κ3) is 3.08. The number of hydrogen-bond donors (Lipinski definition) is 1. The smallest absolute Gasteiger partial charge is 0.226 e. The number of nitrogens with one attached hydrogen (secondary N) is 1. The van der Waals surface area contributed by atoms with E-state index in [2.05, 4.69) is 5.32 Å². The molecule has 158 valence electrons. The third-order valence-electron chi connectivity index (χ3n) is 5.98.